The van der Waals surface area contributed by atoms with Crippen LogP contribution in [0, 0.1) is 5.92 Å². The van der Waals surface area contributed by atoms with Gasteiger partial charge < -0.3 is 20.1 Å². The number of rotatable bonds is 11. The Morgan fingerprint density at radius 3 is 1.96 bits per heavy atom. The molecule has 3 N–H and O–H groups in total. The Labute approximate surface area is 144 Å². The number of unbranched alkanes of at least 4 members (excludes halogenated alkanes) is 6. The number of ether oxygens (including phenoxy) is 1. The van der Waals surface area contributed by atoms with Crippen LogP contribution in [0.25, 0.3) is 0 Å². The van der Waals surface area contributed by atoms with Gasteiger partial charge in [-0.15, -0.1) is 0 Å². The number of benzene rings is 1. The zero-order valence-corrected chi connectivity index (χ0v) is 14.8. The number of carbonyl (C=O) groups excluding carboxylic acids is 1. The largest absolute Gasteiger partial charge is 0.504 e. The standard InChI is InChI=1S/C19H30O5/c1-14(2)10-8-6-4-3-5-7-9-11-24-19(23)15-12-16(20)18(22)17(21)13-15/h12-14,20-22H,3-11H2,1-2H3. The van der Waals surface area contributed by atoms with Gasteiger partial charge in [0.2, 0.25) is 0 Å². The first-order valence-corrected chi connectivity index (χ1v) is 8.84. The molecule has 0 atom stereocenters. The van der Waals surface area contributed by atoms with E-state index in [9.17, 15) is 20.1 Å². The number of hydrogen-bond donors (Lipinski definition) is 3. The Bertz CT molecular complexity index is 487. The average Bonchev–Trinajstić information content (AvgIpc) is 2.53. The second kappa shape index (κ2) is 10.8. The van der Waals surface area contributed by atoms with E-state index in [1.165, 1.54) is 32.1 Å². The number of carbonyl (C=O) groups is 1. The second-order valence-corrected chi connectivity index (χ2v) is 6.66. The lowest BCUT2D eigenvalue weighted by Gasteiger charge is -2.07. The van der Waals surface area contributed by atoms with Crippen molar-refractivity contribution < 1.29 is 24.9 Å². The first-order valence-electron chi connectivity index (χ1n) is 8.84. The molecule has 5 heteroatoms. The van der Waals surface area contributed by atoms with Gasteiger partial charge in [0.15, 0.2) is 17.2 Å². The Kier molecular flexibility index (Phi) is 9.05. The summed E-state index contributed by atoms with van der Waals surface area (Å²) in [5, 5.41) is 28.0. The summed E-state index contributed by atoms with van der Waals surface area (Å²) in [4.78, 5) is 11.8. The molecule has 1 aromatic rings. The lowest BCUT2D eigenvalue weighted by Crippen LogP contribution is -2.06. The quantitative estimate of drug-likeness (QED) is 0.308. The first kappa shape index (κ1) is 20.1. The van der Waals surface area contributed by atoms with Gasteiger partial charge in [-0.25, -0.2) is 4.79 Å². The zero-order valence-electron chi connectivity index (χ0n) is 14.8. The van der Waals surface area contributed by atoms with Gasteiger partial charge in [-0.2, -0.15) is 0 Å². The molecular weight excluding hydrogens is 308 g/mol. The molecule has 0 aromatic heterocycles. The molecule has 0 heterocycles. The molecule has 1 aromatic carbocycles. The van der Waals surface area contributed by atoms with Crippen LogP contribution in [0.4, 0.5) is 0 Å². The molecule has 0 unspecified atom stereocenters. The molecule has 0 saturated heterocycles. The van der Waals surface area contributed by atoms with E-state index in [1.807, 2.05) is 0 Å². The third kappa shape index (κ3) is 7.57. The molecule has 0 aliphatic rings. The van der Waals surface area contributed by atoms with E-state index in [2.05, 4.69) is 13.8 Å². The fourth-order valence-corrected chi connectivity index (χ4v) is 2.51. The van der Waals surface area contributed by atoms with Crippen molar-refractivity contribution in [3.63, 3.8) is 0 Å². The predicted octanol–water partition coefficient (Wildman–Crippen LogP) is 4.74. The van der Waals surface area contributed by atoms with E-state index in [0.717, 1.165) is 37.3 Å². The zero-order chi connectivity index (χ0) is 17.9. The normalized spacial score (nSPS) is 11.0. The minimum atomic E-state index is -0.639. The number of hydrogen-bond acceptors (Lipinski definition) is 5. The summed E-state index contributed by atoms with van der Waals surface area (Å²) in [6.07, 6.45) is 9.34. The molecule has 0 radical (unpaired) electrons. The van der Waals surface area contributed by atoms with Crippen molar-refractivity contribution in [1.82, 2.24) is 0 Å². The highest BCUT2D eigenvalue weighted by Gasteiger charge is 2.14. The molecule has 0 aliphatic carbocycles. The van der Waals surface area contributed by atoms with Gasteiger partial charge in [-0.3, -0.25) is 0 Å². The third-order valence-corrected chi connectivity index (χ3v) is 3.96. The summed E-state index contributed by atoms with van der Waals surface area (Å²) < 4.78 is 5.11. The second-order valence-electron chi connectivity index (χ2n) is 6.66. The van der Waals surface area contributed by atoms with E-state index in [1.54, 1.807) is 0 Å². The van der Waals surface area contributed by atoms with Crippen molar-refractivity contribution in [3.05, 3.63) is 17.7 Å². The van der Waals surface area contributed by atoms with E-state index < -0.39 is 23.2 Å². The number of phenolic OH excluding ortho intramolecular Hbond substituents is 3. The van der Waals surface area contributed by atoms with E-state index in [0.29, 0.717) is 6.61 Å². The molecule has 1 rings (SSSR count). The molecule has 0 spiro atoms. The molecule has 0 bridgehead atoms. The van der Waals surface area contributed by atoms with Gasteiger partial charge in [0, 0.05) is 0 Å². The summed E-state index contributed by atoms with van der Waals surface area (Å²) in [6, 6.07) is 2.16. The maximum Gasteiger partial charge on any atom is 0.338 e. The fraction of sp³-hybridized carbons (Fsp3) is 0.632. The lowest BCUT2D eigenvalue weighted by atomic mass is 10.0. The third-order valence-electron chi connectivity index (χ3n) is 3.96. The van der Waals surface area contributed by atoms with Crippen molar-refractivity contribution in [3.8, 4) is 17.2 Å². The van der Waals surface area contributed by atoms with Crippen LogP contribution in [0.5, 0.6) is 17.2 Å². The smallest absolute Gasteiger partial charge is 0.338 e. The van der Waals surface area contributed by atoms with Gasteiger partial charge in [0.1, 0.15) is 0 Å². The van der Waals surface area contributed by atoms with Gasteiger partial charge in [-0.05, 0) is 24.5 Å². The van der Waals surface area contributed by atoms with E-state index in [-0.39, 0.29) is 5.56 Å². The highest BCUT2D eigenvalue weighted by atomic mass is 16.5. The first-order chi connectivity index (χ1) is 11.4. The predicted molar refractivity (Wildman–Crippen MR) is 93.5 cm³/mol. The molecule has 0 saturated carbocycles. The van der Waals surface area contributed by atoms with Crippen molar-refractivity contribution in [2.75, 3.05) is 6.61 Å². The van der Waals surface area contributed by atoms with Crippen LogP contribution >= 0.6 is 0 Å². The maximum atomic E-state index is 11.8. The lowest BCUT2D eigenvalue weighted by molar-refractivity contribution is 0.0496. The van der Waals surface area contributed by atoms with Crippen molar-refractivity contribution in [1.29, 1.82) is 0 Å². The highest BCUT2D eigenvalue weighted by Crippen LogP contribution is 2.35. The molecule has 5 nitrogen and oxygen atoms in total. The Morgan fingerprint density at radius 1 is 0.917 bits per heavy atom. The Balaban J connectivity index is 2.10. The van der Waals surface area contributed by atoms with Crippen LogP contribution in [0.15, 0.2) is 12.1 Å². The van der Waals surface area contributed by atoms with Crippen LogP contribution in [-0.2, 0) is 4.74 Å². The van der Waals surface area contributed by atoms with E-state index >= 15 is 0 Å². The number of phenols is 3. The molecular formula is C19H30O5. The van der Waals surface area contributed by atoms with Gasteiger partial charge in [0.05, 0.1) is 12.2 Å². The van der Waals surface area contributed by atoms with Crippen molar-refractivity contribution in [2.24, 2.45) is 5.92 Å². The van der Waals surface area contributed by atoms with Crippen LogP contribution < -0.4 is 0 Å². The SMILES string of the molecule is CC(C)CCCCCCCCCOC(=O)c1cc(O)c(O)c(O)c1. The van der Waals surface area contributed by atoms with Crippen LogP contribution in [0.3, 0.4) is 0 Å². The fourth-order valence-electron chi connectivity index (χ4n) is 2.51. The Morgan fingerprint density at radius 2 is 1.42 bits per heavy atom. The minimum absolute atomic E-state index is 0.0213. The monoisotopic (exact) mass is 338 g/mol. The number of esters is 1. The molecule has 24 heavy (non-hydrogen) atoms. The minimum Gasteiger partial charge on any atom is -0.504 e. The summed E-state index contributed by atoms with van der Waals surface area (Å²) >= 11 is 0. The van der Waals surface area contributed by atoms with Crippen molar-refractivity contribution >= 4 is 5.97 Å². The maximum absolute atomic E-state index is 11.8. The molecule has 136 valence electrons. The van der Waals surface area contributed by atoms with Gasteiger partial charge in [0.25, 0.3) is 0 Å². The van der Waals surface area contributed by atoms with Crippen LogP contribution in [0.1, 0.15) is 75.6 Å². The average molecular weight is 338 g/mol. The molecule has 0 fully saturated rings. The topological polar surface area (TPSA) is 87.0 Å². The molecule has 0 amide bonds. The van der Waals surface area contributed by atoms with Crippen molar-refractivity contribution in [2.45, 2.75) is 65.2 Å². The summed E-state index contributed by atoms with van der Waals surface area (Å²) in [5.41, 5.74) is 0.0213. The summed E-state index contributed by atoms with van der Waals surface area (Å²) in [6.45, 7) is 4.82. The number of aromatic hydroxyl groups is 3. The summed E-state index contributed by atoms with van der Waals surface area (Å²) in [5.74, 6) is -1.55. The van der Waals surface area contributed by atoms with Crippen LogP contribution in [-0.4, -0.2) is 27.9 Å². The van der Waals surface area contributed by atoms with E-state index in [4.69, 9.17) is 4.74 Å². The molecule has 0 aliphatic heterocycles. The van der Waals surface area contributed by atoms with Crippen LogP contribution in [0.2, 0.25) is 0 Å². The van der Waals surface area contributed by atoms with Gasteiger partial charge >= 0.3 is 5.97 Å². The van der Waals surface area contributed by atoms with Gasteiger partial charge in [-0.1, -0.05) is 58.8 Å². The summed E-state index contributed by atoms with van der Waals surface area (Å²) in [7, 11) is 0. The Hall–Kier alpha value is -1.91. The highest BCUT2D eigenvalue weighted by molar-refractivity contribution is 5.91.